The minimum atomic E-state index is -0.985. The van der Waals surface area contributed by atoms with Crippen LogP contribution in [0.5, 0.6) is 23.0 Å². The molecule has 3 aromatic rings. The molecule has 1 N–H and O–H groups in total. The molecule has 37 heavy (non-hydrogen) atoms. The highest BCUT2D eigenvalue weighted by Crippen LogP contribution is 2.47. The number of carbonyl (C=O) groups excluding carboxylic acids is 2. The third-order valence-electron chi connectivity index (χ3n) is 6.34. The van der Waals surface area contributed by atoms with E-state index in [9.17, 15) is 14.7 Å². The number of nitrogens with zero attached hydrogens (tertiary/aromatic N) is 1. The largest absolute Gasteiger partial charge is 0.507 e. The number of hydrogen-bond acceptors (Lipinski definition) is 7. The van der Waals surface area contributed by atoms with Crippen molar-refractivity contribution in [2.24, 2.45) is 0 Å². The zero-order valence-electron chi connectivity index (χ0n) is 21.6. The van der Waals surface area contributed by atoms with E-state index in [4.69, 9.17) is 18.9 Å². The highest BCUT2D eigenvalue weighted by atomic mass is 16.5. The molecule has 0 aromatic heterocycles. The summed E-state index contributed by atoms with van der Waals surface area (Å²) in [7, 11) is 5.93. The molecular weight excluding hydrogens is 474 g/mol. The predicted octanol–water partition coefficient (Wildman–Crippen LogP) is 4.96. The lowest BCUT2D eigenvalue weighted by atomic mass is 9.93. The molecule has 192 valence electrons. The average molecular weight is 504 g/mol. The molecule has 0 saturated carbocycles. The first-order valence-corrected chi connectivity index (χ1v) is 11.6. The van der Waals surface area contributed by atoms with Gasteiger partial charge in [0.25, 0.3) is 11.7 Å². The molecular formula is C29H29NO7. The molecule has 4 rings (SSSR count). The van der Waals surface area contributed by atoms with Crippen molar-refractivity contribution >= 4 is 23.1 Å². The summed E-state index contributed by atoms with van der Waals surface area (Å²) in [6.07, 6.45) is 0. The zero-order valence-corrected chi connectivity index (χ0v) is 21.6. The lowest BCUT2D eigenvalue weighted by Gasteiger charge is -2.27. The third-order valence-corrected chi connectivity index (χ3v) is 6.34. The van der Waals surface area contributed by atoms with Crippen LogP contribution in [-0.2, 0) is 9.59 Å². The van der Waals surface area contributed by atoms with Crippen LogP contribution in [0, 0.1) is 13.8 Å². The van der Waals surface area contributed by atoms with Gasteiger partial charge in [0.15, 0.2) is 11.5 Å². The molecule has 1 unspecified atom stereocenters. The molecule has 1 fully saturated rings. The number of methoxy groups -OCH3 is 4. The second-order valence-electron chi connectivity index (χ2n) is 8.67. The van der Waals surface area contributed by atoms with Gasteiger partial charge in [-0.2, -0.15) is 0 Å². The second-order valence-corrected chi connectivity index (χ2v) is 8.67. The number of ether oxygens (including phenoxy) is 4. The van der Waals surface area contributed by atoms with Gasteiger partial charge in [0.1, 0.15) is 11.5 Å². The molecule has 3 aromatic carbocycles. The van der Waals surface area contributed by atoms with Crippen molar-refractivity contribution in [3.63, 3.8) is 0 Å². The summed E-state index contributed by atoms with van der Waals surface area (Å²) in [5, 5.41) is 11.6. The first kappa shape index (κ1) is 25.6. The molecule has 1 aliphatic rings. The topological polar surface area (TPSA) is 94.5 Å². The number of rotatable bonds is 7. The fraction of sp³-hybridized carbons (Fsp3) is 0.241. The predicted molar refractivity (Wildman–Crippen MR) is 140 cm³/mol. The Morgan fingerprint density at radius 3 is 1.97 bits per heavy atom. The molecule has 1 saturated heterocycles. The molecule has 0 spiro atoms. The highest BCUT2D eigenvalue weighted by Gasteiger charge is 2.47. The van der Waals surface area contributed by atoms with Gasteiger partial charge in [-0.3, -0.25) is 14.5 Å². The molecule has 1 aliphatic heterocycles. The lowest BCUT2D eigenvalue weighted by molar-refractivity contribution is -0.132. The van der Waals surface area contributed by atoms with Crippen molar-refractivity contribution in [1.29, 1.82) is 0 Å². The van der Waals surface area contributed by atoms with E-state index < -0.39 is 17.7 Å². The smallest absolute Gasteiger partial charge is 0.300 e. The maximum absolute atomic E-state index is 13.6. The average Bonchev–Trinajstić information content (AvgIpc) is 3.17. The molecule has 8 heteroatoms. The van der Waals surface area contributed by atoms with Gasteiger partial charge in [-0.1, -0.05) is 23.8 Å². The number of hydrogen-bond donors (Lipinski definition) is 1. The fourth-order valence-corrected chi connectivity index (χ4v) is 4.60. The van der Waals surface area contributed by atoms with E-state index in [1.54, 1.807) is 36.4 Å². The van der Waals surface area contributed by atoms with E-state index >= 15 is 0 Å². The van der Waals surface area contributed by atoms with Crippen LogP contribution in [0.3, 0.4) is 0 Å². The van der Waals surface area contributed by atoms with Crippen molar-refractivity contribution in [3.8, 4) is 23.0 Å². The second kappa shape index (κ2) is 10.3. The molecule has 1 amide bonds. The van der Waals surface area contributed by atoms with Crippen molar-refractivity contribution in [3.05, 3.63) is 82.4 Å². The summed E-state index contributed by atoms with van der Waals surface area (Å²) < 4.78 is 22.0. The zero-order chi connectivity index (χ0) is 26.9. The van der Waals surface area contributed by atoms with Crippen molar-refractivity contribution in [2.45, 2.75) is 19.9 Å². The van der Waals surface area contributed by atoms with Gasteiger partial charge in [0, 0.05) is 5.69 Å². The van der Waals surface area contributed by atoms with Gasteiger partial charge in [0.05, 0.1) is 45.6 Å². The number of ketones is 1. The number of amides is 1. The quantitative estimate of drug-likeness (QED) is 0.277. The van der Waals surface area contributed by atoms with Crippen molar-refractivity contribution in [1.82, 2.24) is 0 Å². The standard InChI is InChI=1S/C29H29NO7/c1-16-8-7-9-19(12-16)30-25(18-14-22(35-4)28(37-6)23(15-18)36-5)24(27(32)29(30)33)26(31)20-13-17(2)10-11-21(20)34-3/h7-15,25,31H,1-6H3/b26-24+. The van der Waals surface area contributed by atoms with E-state index in [1.807, 2.05) is 32.0 Å². The monoisotopic (exact) mass is 503 g/mol. The van der Waals surface area contributed by atoms with Crippen LogP contribution in [-0.4, -0.2) is 45.2 Å². The maximum Gasteiger partial charge on any atom is 0.300 e. The van der Waals surface area contributed by atoms with E-state index in [1.165, 1.54) is 33.3 Å². The minimum Gasteiger partial charge on any atom is -0.507 e. The Morgan fingerprint density at radius 1 is 0.784 bits per heavy atom. The third kappa shape index (κ3) is 4.46. The van der Waals surface area contributed by atoms with Gasteiger partial charge in [-0.15, -0.1) is 0 Å². The molecule has 1 heterocycles. The Hall–Kier alpha value is -4.46. The Bertz CT molecular complexity index is 1380. The van der Waals surface area contributed by atoms with E-state index in [0.717, 1.165) is 11.1 Å². The Kier molecular flexibility index (Phi) is 7.11. The fourth-order valence-electron chi connectivity index (χ4n) is 4.60. The number of aryl methyl sites for hydroxylation is 2. The number of carbonyl (C=O) groups is 2. The maximum atomic E-state index is 13.6. The van der Waals surface area contributed by atoms with Crippen LogP contribution < -0.4 is 23.8 Å². The van der Waals surface area contributed by atoms with Crippen LogP contribution in [0.4, 0.5) is 5.69 Å². The number of anilines is 1. The van der Waals surface area contributed by atoms with Crippen LogP contribution in [0.15, 0.2) is 60.2 Å². The van der Waals surface area contributed by atoms with Gasteiger partial charge in [-0.25, -0.2) is 0 Å². The summed E-state index contributed by atoms with van der Waals surface area (Å²) in [6, 6.07) is 14.9. The summed E-state index contributed by atoms with van der Waals surface area (Å²) in [5.41, 5.74) is 2.98. The Labute approximate surface area is 215 Å². The molecule has 0 radical (unpaired) electrons. The SMILES string of the molecule is COc1ccc(C)cc1/C(O)=C1\C(=O)C(=O)N(c2cccc(C)c2)C1c1cc(OC)c(OC)c(OC)c1. The first-order valence-electron chi connectivity index (χ1n) is 11.6. The summed E-state index contributed by atoms with van der Waals surface area (Å²) >= 11 is 0. The van der Waals surface area contributed by atoms with Crippen LogP contribution in [0.1, 0.15) is 28.3 Å². The lowest BCUT2D eigenvalue weighted by Crippen LogP contribution is -2.29. The summed E-state index contributed by atoms with van der Waals surface area (Å²) in [5.74, 6) is -0.499. The normalized spacial score (nSPS) is 16.6. The van der Waals surface area contributed by atoms with E-state index in [0.29, 0.717) is 39.8 Å². The Balaban J connectivity index is 2.06. The molecule has 1 atom stereocenters. The number of benzene rings is 3. The summed E-state index contributed by atoms with van der Waals surface area (Å²) in [4.78, 5) is 28.4. The van der Waals surface area contributed by atoms with Crippen LogP contribution in [0.25, 0.3) is 5.76 Å². The van der Waals surface area contributed by atoms with Crippen molar-refractivity contribution < 1.29 is 33.6 Å². The molecule has 0 bridgehead atoms. The highest BCUT2D eigenvalue weighted by molar-refractivity contribution is 6.51. The van der Waals surface area contributed by atoms with E-state index in [2.05, 4.69) is 0 Å². The van der Waals surface area contributed by atoms with Crippen LogP contribution >= 0.6 is 0 Å². The van der Waals surface area contributed by atoms with Gasteiger partial charge < -0.3 is 24.1 Å². The summed E-state index contributed by atoms with van der Waals surface area (Å²) in [6.45, 7) is 3.75. The molecule has 0 aliphatic carbocycles. The van der Waals surface area contributed by atoms with E-state index in [-0.39, 0.29) is 11.3 Å². The van der Waals surface area contributed by atoms with Crippen LogP contribution in [0.2, 0.25) is 0 Å². The first-order chi connectivity index (χ1) is 17.7. The number of aliphatic hydroxyl groups excluding tert-OH is 1. The Morgan fingerprint density at radius 2 is 1.41 bits per heavy atom. The molecule has 8 nitrogen and oxygen atoms in total. The number of aliphatic hydroxyl groups is 1. The van der Waals surface area contributed by atoms with Gasteiger partial charge >= 0.3 is 0 Å². The number of Topliss-reactive ketones (excluding diaryl/α,β-unsaturated/α-hetero) is 1. The van der Waals surface area contributed by atoms with Crippen molar-refractivity contribution in [2.75, 3.05) is 33.3 Å². The van der Waals surface area contributed by atoms with Gasteiger partial charge in [0.2, 0.25) is 5.75 Å². The minimum absolute atomic E-state index is 0.0790. The van der Waals surface area contributed by atoms with Gasteiger partial charge in [-0.05, 0) is 61.4 Å².